The van der Waals surface area contributed by atoms with Crippen molar-refractivity contribution in [2.75, 3.05) is 14.1 Å². The van der Waals surface area contributed by atoms with Crippen molar-refractivity contribution in [3.8, 4) is 11.1 Å². The van der Waals surface area contributed by atoms with Gasteiger partial charge in [0.15, 0.2) is 5.78 Å². The van der Waals surface area contributed by atoms with Gasteiger partial charge in [0, 0.05) is 43.4 Å². The predicted octanol–water partition coefficient (Wildman–Crippen LogP) is 5.84. The molecule has 3 heterocycles. The van der Waals surface area contributed by atoms with Crippen LogP contribution in [-0.4, -0.2) is 44.9 Å². The van der Waals surface area contributed by atoms with Crippen molar-refractivity contribution in [2.24, 2.45) is 0 Å². The number of nitrogens with zero attached hydrogens (tertiary/aromatic N) is 4. The van der Waals surface area contributed by atoms with E-state index in [9.17, 15) is 14.0 Å². The number of rotatable bonds is 5. The summed E-state index contributed by atoms with van der Waals surface area (Å²) in [5, 5.41) is 3.87. The standard InChI is InChI=1S/C32H28FN5O2/c1-20-35-28-17-34-15-14-29(28)37(20)18-21-4-6-23(7-5-21)31(39)27-19-38(32(40)36(2)3)30-16-24(10-13-26(27)30)22-8-11-25(33)12-9-22/h4-16,19,34H,17-18H2,1-3H3. The Kier molecular flexibility index (Phi) is 6.30. The topological polar surface area (TPSA) is 72.2 Å². The molecule has 40 heavy (non-hydrogen) atoms. The van der Waals surface area contributed by atoms with Gasteiger partial charge in [0.1, 0.15) is 11.6 Å². The first-order valence-electron chi connectivity index (χ1n) is 13.0. The van der Waals surface area contributed by atoms with Crippen LogP contribution in [0.25, 0.3) is 28.1 Å². The minimum absolute atomic E-state index is 0.165. The molecule has 1 N–H and O–H groups in total. The highest BCUT2D eigenvalue weighted by molar-refractivity contribution is 6.17. The monoisotopic (exact) mass is 533 g/mol. The van der Waals surface area contributed by atoms with E-state index in [0.717, 1.165) is 33.9 Å². The van der Waals surface area contributed by atoms with Crippen molar-refractivity contribution >= 4 is 28.8 Å². The van der Waals surface area contributed by atoms with Crippen molar-refractivity contribution in [1.82, 2.24) is 24.3 Å². The highest BCUT2D eigenvalue weighted by Crippen LogP contribution is 2.30. The van der Waals surface area contributed by atoms with Gasteiger partial charge >= 0.3 is 6.03 Å². The van der Waals surface area contributed by atoms with Gasteiger partial charge in [-0.15, -0.1) is 0 Å². The number of hydrogen-bond acceptors (Lipinski definition) is 4. The van der Waals surface area contributed by atoms with Gasteiger partial charge in [0.25, 0.3) is 0 Å². The smallest absolute Gasteiger partial charge is 0.328 e. The van der Waals surface area contributed by atoms with Gasteiger partial charge in [-0.2, -0.15) is 0 Å². The average molecular weight is 534 g/mol. The Morgan fingerprint density at radius 1 is 1.00 bits per heavy atom. The fourth-order valence-electron chi connectivity index (χ4n) is 5.16. The van der Waals surface area contributed by atoms with Crippen LogP contribution >= 0.6 is 0 Å². The maximum atomic E-state index is 13.7. The van der Waals surface area contributed by atoms with E-state index in [1.54, 1.807) is 32.4 Å². The molecule has 1 aliphatic heterocycles. The number of ketones is 1. The quantitative estimate of drug-likeness (QED) is 0.288. The Bertz CT molecular complexity index is 1790. The molecule has 0 fully saturated rings. The van der Waals surface area contributed by atoms with E-state index in [-0.39, 0.29) is 17.6 Å². The summed E-state index contributed by atoms with van der Waals surface area (Å²) in [6.07, 6.45) is 5.57. The highest BCUT2D eigenvalue weighted by atomic mass is 19.1. The van der Waals surface area contributed by atoms with Crippen LogP contribution in [0.15, 0.2) is 79.1 Å². The molecule has 0 saturated heterocycles. The lowest BCUT2D eigenvalue weighted by atomic mass is 9.99. The zero-order valence-corrected chi connectivity index (χ0v) is 22.5. The Morgan fingerprint density at radius 3 is 2.45 bits per heavy atom. The first-order chi connectivity index (χ1) is 19.3. The van der Waals surface area contributed by atoms with Gasteiger partial charge in [-0.05, 0) is 54.1 Å². The zero-order chi connectivity index (χ0) is 28.0. The summed E-state index contributed by atoms with van der Waals surface area (Å²) < 4.78 is 17.1. The molecule has 0 spiro atoms. The molecule has 5 aromatic rings. The van der Waals surface area contributed by atoms with Gasteiger partial charge < -0.3 is 14.8 Å². The summed E-state index contributed by atoms with van der Waals surface area (Å²) in [6.45, 7) is 3.36. The third kappa shape index (κ3) is 4.47. The molecule has 1 aliphatic rings. The lowest BCUT2D eigenvalue weighted by Gasteiger charge is -2.12. The minimum atomic E-state index is -0.316. The fourth-order valence-corrected chi connectivity index (χ4v) is 5.16. The predicted molar refractivity (Wildman–Crippen MR) is 154 cm³/mol. The molecule has 0 bridgehead atoms. The number of carbonyl (C=O) groups is 2. The first-order valence-corrected chi connectivity index (χ1v) is 13.0. The number of hydrogen-bond donors (Lipinski definition) is 1. The van der Waals surface area contributed by atoms with Crippen molar-refractivity contribution in [1.29, 1.82) is 0 Å². The van der Waals surface area contributed by atoms with Gasteiger partial charge in [0.05, 0.1) is 23.4 Å². The molecule has 2 aromatic heterocycles. The summed E-state index contributed by atoms with van der Waals surface area (Å²) in [6, 6.07) is 19.1. The number of halogens is 1. The number of imidazole rings is 1. The normalized spacial score (nSPS) is 12.3. The molecular formula is C32H28FN5O2. The van der Waals surface area contributed by atoms with Crippen molar-refractivity contribution < 1.29 is 14.0 Å². The van der Waals surface area contributed by atoms with Crippen molar-refractivity contribution in [2.45, 2.75) is 20.0 Å². The van der Waals surface area contributed by atoms with E-state index < -0.39 is 0 Å². The lowest BCUT2D eigenvalue weighted by Crippen LogP contribution is -2.26. The van der Waals surface area contributed by atoms with Gasteiger partial charge in [0.2, 0.25) is 0 Å². The summed E-state index contributed by atoms with van der Waals surface area (Å²) in [5.74, 6) is 0.460. The molecule has 0 saturated carbocycles. The van der Waals surface area contributed by atoms with Crippen LogP contribution in [0.4, 0.5) is 9.18 Å². The molecular weight excluding hydrogens is 505 g/mol. The van der Waals surface area contributed by atoms with E-state index in [4.69, 9.17) is 0 Å². The molecule has 7 nitrogen and oxygen atoms in total. The molecule has 0 radical (unpaired) electrons. The minimum Gasteiger partial charge on any atom is -0.385 e. The number of carbonyl (C=O) groups excluding carboxylic acids is 2. The first kappa shape index (κ1) is 25.3. The summed E-state index contributed by atoms with van der Waals surface area (Å²) >= 11 is 0. The SMILES string of the molecule is Cc1nc2c(n1Cc1ccc(C(=O)c3cn(C(=O)N(C)C)c4cc(-c5ccc(F)cc5)ccc34)cc1)C=CNC2. The Balaban J connectivity index is 1.34. The molecule has 8 heteroatoms. The lowest BCUT2D eigenvalue weighted by molar-refractivity contribution is 0.104. The van der Waals surface area contributed by atoms with Crippen LogP contribution in [-0.2, 0) is 13.1 Å². The molecule has 3 aromatic carbocycles. The highest BCUT2D eigenvalue weighted by Gasteiger charge is 2.21. The second-order valence-electron chi connectivity index (χ2n) is 10.1. The van der Waals surface area contributed by atoms with E-state index in [1.165, 1.54) is 21.6 Å². The van der Waals surface area contributed by atoms with Crippen LogP contribution in [0.3, 0.4) is 0 Å². The largest absolute Gasteiger partial charge is 0.385 e. The molecule has 200 valence electrons. The third-order valence-corrected chi connectivity index (χ3v) is 7.28. The fraction of sp³-hybridized carbons (Fsp3) is 0.156. The molecule has 0 atom stereocenters. The number of amides is 1. The summed E-state index contributed by atoms with van der Waals surface area (Å²) in [7, 11) is 3.34. The van der Waals surface area contributed by atoms with Crippen LogP contribution < -0.4 is 5.32 Å². The number of aryl methyl sites for hydroxylation is 1. The van der Waals surface area contributed by atoms with E-state index in [0.29, 0.717) is 35.1 Å². The van der Waals surface area contributed by atoms with Crippen LogP contribution in [0, 0.1) is 12.7 Å². The zero-order valence-electron chi connectivity index (χ0n) is 22.5. The maximum absolute atomic E-state index is 13.7. The van der Waals surface area contributed by atoms with Gasteiger partial charge in [-0.25, -0.2) is 14.2 Å². The number of benzene rings is 3. The summed E-state index contributed by atoms with van der Waals surface area (Å²) in [4.78, 5) is 32.9. The molecule has 0 unspecified atom stereocenters. The van der Waals surface area contributed by atoms with Crippen LogP contribution in [0.5, 0.6) is 0 Å². The van der Waals surface area contributed by atoms with Gasteiger partial charge in [-0.1, -0.05) is 48.5 Å². The summed E-state index contributed by atoms with van der Waals surface area (Å²) in [5.41, 5.74) is 6.41. The van der Waals surface area contributed by atoms with E-state index >= 15 is 0 Å². The Labute approximate surface area is 231 Å². The molecule has 1 amide bonds. The van der Waals surface area contributed by atoms with Crippen molar-refractivity contribution in [3.05, 3.63) is 119 Å². The van der Waals surface area contributed by atoms with E-state index in [1.807, 2.05) is 61.7 Å². The van der Waals surface area contributed by atoms with Crippen molar-refractivity contribution in [3.63, 3.8) is 0 Å². The van der Waals surface area contributed by atoms with Crippen LogP contribution in [0.2, 0.25) is 0 Å². The molecule has 6 rings (SSSR count). The second kappa shape index (κ2) is 9.96. The maximum Gasteiger partial charge on any atom is 0.328 e. The van der Waals surface area contributed by atoms with Crippen LogP contribution in [0.1, 0.15) is 38.7 Å². The molecule has 0 aliphatic carbocycles. The third-order valence-electron chi connectivity index (χ3n) is 7.28. The average Bonchev–Trinajstić information content (AvgIpc) is 3.50. The number of aromatic nitrogens is 3. The Hall–Kier alpha value is -4.98. The van der Waals surface area contributed by atoms with Gasteiger partial charge in [-0.3, -0.25) is 9.36 Å². The Morgan fingerprint density at radius 2 is 1.73 bits per heavy atom. The second-order valence-corrected chi connectivity index (χ2v) is 10.1. The number of nitrogens with one attached hydrogen (secondary N) is 1. The number of fused-ring (bicyclic) bond motifs is 2. The van der Waals surface area contributed by atoms with E-state index in [2.05, 4.69) is 14.9 Å².